The summed E-state index contributed by atoms with van der Waals surface area (Å²) in [5.74, 6) is 0.143. The lowest BCUT2D eigenvalue weighted by Crippen LogP contribution is -2.49. The van der Waals surface area contributed by atoms with Crippen LogP contribution < -0.4 is 10.6 Å². The number of halogens is 2. The van der Waals surface area contributed by atoms with E-state index in [1.165, 1.54) is 12.0 Å². The maximum Gasteiger partial charge on any atom is 0.237 e. The third-order valence-electron chi connectivity index (χ3n) is 3.47. The molecule has 0 aliphatic carbocycles. The van der Waals surface area contributed by atoms with E-state index in [1.54, 1.807) is 0 Å². The molecule has 1 fully saturated rings. The van der Waals surface area contributed by atoms with Crippen molar-refractivity contribution < 1.29 is 4.79 Å². The van der Waals surface area contributed by atoms with Crippen LogP contribution in [0.1, 0.15) is 31.7 Å². The van der Waals surface area contributed by atoms with Crippen molar-refractivity contribution in [3.63, 3.8) is 0 Å². The molecule has 1 unspecified atom stereocenters. The van der Waals surface area contributed by atoms with Gasteiger partial charge in [0.15, 0.2) is 0 Å². The number of benzene rings is 1. The summed E-state index contributed by atoms with van der Waals surface area (Å²) < 4.78 is 1.08. The first-order valence-corrected chi connectivity index (χ1v) is 7.72. The zero-order valence-corrected chi connectivity index (χ0v) is 14.1. The van der Waals surface area contributed by atoms with Crippen LogP contribution in [0.4, 0.5) is 0 Å². The van der Waals surface area contributed by atoms with Crippen LogP contribution in [0.5, 0.6) is 0 Å². The van der Waals surface area contributed by atoms with Crippen molar-refractivity contribution in [2.45, 2.75) is 44.7 Å². The van der Waals surface area contributed by atoms with Crippen LogP contribution in [0.3, 0.4) is 0 Å². The summed E-state index contributed by atoms with van der Waals surface area (Å²) >= 11 is 3.43. The van der Waals surface area contributed by atoms with Gasteiger partial charge >= 0.3 is 0 Å². The molecule has 0 aromatic heterocycles. The molecule has 1 saturated heterocycles. The molecule has 1 amide bonds. The Kier molecular flexibility index (Phi) is 7.56. The zero-order chi connectivity index (χ0) is 13.7. The molecular weight excluding hydrogens is 340 g/mol. The minimum absolute atomic E-state index is 0. The Morgan fingerprint density at radius 3 is 2.70 bits per heavy atom. The Morgan fingerprint density at radius 2 is 2.10 bits per heavy atom. The predicted octanol–water partition coefficient (Wildman–Crippen LogP) is 3.06. The highest BCUT2D eigenvalue weighted by atomic mass is 79.9. The number of rotatable bonds is 4. The molecule has 3 nitrogen and oxygen atoms in total. The summed E-state index contributed by atoms with van der Waals surface area (Å²) in [6.07, 6.45) is 4.15. The third-order valence-corrected chi connectivity index (χ3v) is 4.00. The molecule has 1 aromatic rings. The average molecular weight is 362 g/mol. The molecule has 0 spiro atoms. The summed E-state index contributed by atoms with van der Waals surface area (Å²) in [4.78, 5) is 12.1. The Labute approximate surface area is 135 Å². The van der Waals surface area contributed by atoms with Crippen molar-refractivity contribution in [2.75, 3.05) is 6.54 Å². The van der Waals surface area contributed by atoms with E-state index in [4.69, 9.17) is 0 Å². The van der Waals surface area contributed by atoms with Gasteiger partial charge in [-0.15, -0.1) is 12.4 Å². The fourth-order valence-corrected chi connectivity index (χ4v) is 2.71. The van der Waals surface area contributed by atoms with E-state index in [-0.39, 0.29) is 30.4 Å². The van der Waals surface area contributed by atoms with Gasteiger partial charge in [-0.1, -0.05) is 34.5 Å². The largest absolute Gasteiger partial charge is 0.352 e. The van der Waals surface area contributed by atoms with Gasteiger partial charge in [0.1, 0.15) is 0 Å². The second-order valence-electron chi connectivity index (χ2n) is 5.24. The van der Waals surface area contributed by atoms with Gasteiger partial charge in [0, 0.05) is 10.5 Å². The number of hydrogen-bond acceptors (Lipinski definition) is 2. The van der Waals surface area contributed by atoms with E-state index >= 15 is 0 Å². The lowest BCUT2D eigenvalue weighted by atomic mass is 10.0. The smallest absolute Gasteiger partial charge is 0.237 e. The van der Waals surface area contributed by atoms with E-state index in [1.807, 2.05) is 12.1 Å². The molecule has 1 aliphatic rings. The van der Waals surface area contributed by atoms with Gasteiger partial charge in [-0.05, 0) is 50.4 Å². The zero-order valence-electron chi connectivity index (χ0n) is 11.7. The average Bonchev–Trinajstić information content (AvgIpc) is 2.42. The third kappa shape index (κ3) is 5.43. The van der Waals surface area contributed by atoms with Crippen LogP contribution in [-0.2, 0) is 11.2 Å². The van der Waals surface area contributed by atoms with Crippen molar-refractivity contribution >= 4 is 34.2 Å². The van der Waals surface area contributed by atoms with Gasteiger partial charge < -0.3 is 10.6 Å². The number of carbonyl (C=O) groups is 1. The minimum Gasteiger partial charge on any atom is -0.352 e. The van der Waals surface area contributed by atoms with E-state index in [2.05, 4.69) is 45.6 Å². The van der Waals surface area contributed by atoms with Crippen molar-refractivity contribution in [3.05, 3.63) is 34.3 Å². The monoisotopic (exact) mass is 360 g/mol. The molecule has 1 aliphatic heterocycles. The van der Waals surface area contributed by atoms with Gasteiger partial charge in [0.05, 0.1) is 6.04 Å². The predicted molar refractivity (Wildman–Crippen MR) is 88.3 cm³/mol. The molecule has 5 heteroatoms. The molecular formula is C15H22BrClN2O. The number of amides is 1. The number of piperidine rings is 1. The molecule has 2 N–H and O–H groups in total. The summed E-state index contributed by atoms with van der Waals surface area (Å²) in [5, 5.41) is 6.38. The van der Waals surface area contributed by atoms with E-state index < -0.39 is 0 Å². The first-order valence-electron chi connectivity index (χ1n) is 6.93. The SMILES string of the molecule is CC(Cc1ccc(Br)cc1)NC(=O)[C@@H]1CCCCN1.Cl. The highest BCUT2D eigenvalue weighted by Crippen LogP contribution is 2.12. The molecule has 2 rings (SSSR count). The quantitative estimate of drug-likeness (QED) is 0.865. The Bertz CT molecular complexity index is 418. The lowest BCUT2D eigenvalue weighted by molar-refractivity contribution is -0.124. The van der Waals surface area contributed by atoms with Crippen LogP contribution in [0, 0.1) is 0 Å². The molecule has 2 atom stereocenters. The molecule has 0 radical (unpaired) electrons. The highest BCUT2D eigenvalue weighted by molar-refractivity contribution is 9.10. The molecule has 0 bridgehead atoms. The maximum atomic E-state index is 12.1. The molecule has 1 aromatic carbocycles. The summed E-state index contributed by atoms with van der Waals surface area (Å²) in [5.41, 5.74) is 1.24. The number of hydrogen-bond donors (Lipinski definition) is 2. The summed E-state index contributed by atoms with van der Waals surface area (Å²) in [7, 11) is 0. The van der Waals surface area contributed by atoms with Crippen molar-refractivity contribution in [2.24, 2.45) is 0 Å². The fourth-order valence-electron chi connectivity index (χ4n) is 2.44. The van der Waals surface area contributed by atoms with Crippen LogP contribution in [0.25, 0.3) is 0 Å². The Balaban J connectivity index is 0.00000200. The summed E-state index contributed by atoms with van der Waals surface area (Å²) in [6, 6.07) is 8.41. The molecule has 20 heavy (non-hydrogen) atoms. The lowest BCUT2D eigenvalue weighted by Gasteiger charge is -2.24. The van der Waals surface area contributed by atoms with Gasteiger partial charge in [0.25, 0.3) is 0 Å². The van der Waals surface area contributed by atoms with Crippen LogP contribution in [0.15, 0.2) is 28.7 Å². The number of nitrogens with one attached hydrogen (secondary N) is 2. The molecule has 0 saturated carbocycles. The second kappa shape index (κ2) is 8.65. The van der Waals surface area contributed by atoms with Gasteiger partial charge in [-0.3, -0.25) is 4.79 Å². The van der Waals surface area contributed by atoms with Gasteiger partial charge in [-0.2, -0.15) is 0 Å². The molecule has 112 valence electrons. The number of carbonyl (C=O) groups excluding carboxylic acids is 1. The topological polar surface area (TPSA) is 41.1 Å². The minimum atomic E-state index is 0. The first kappa shape index (κ1) is 17.5. The maximum absolute atomic E-state index is 12.1. The van der Waals surface area contributed by atoms with Crippen LogP contribution in [0.2, 0.25) is 0 Å². The molecule has 1 heterocycles. The van der Waals surface area contributed by atoms with Crippen LogP contribution >= 0.6 is 28.3 Å². The highest BCUT2D eigenvalue weighted by Gasteiger charge is 2.21. The van der Waals surface area contributed by atoms with E-state index in [0.29, 0.717) is 0 Å². The van der Waals surface area contributed by atoms with E-state index in [0.717, 1.165) is 30.3 Å². The standard InChI is InChI=1S/C15H21BrN2O.ClH/c1-11(10-12-5-7-13(16)8-6-12)18-15(19)14-4-2-3-9-17-14;/h5-8,11,14,17H,2-4,9-10H2,1H3,(H,18,19);1H/t11?,14-;/m0./s1. The Morgan fingerprint density at radius 1 is 1.40 bits per heavy atom. The van der Waals surface area contributed by atoms with Crippen molar-refractivity contribution in [1.82, 2.24) is 10.6 Å². The summed E-state index contributed by atoms with van der Waals surface area (Å²) in [6.45, 7) is 3.02. The Hall–Kier alpha value is -0.580. The van der Waals surface area contributed by atoms with E-state index in [9.17, 15) is 4.79 Å². The van der Waals surface area contributed by atoms with Crippen molar-refractivity contribution in [1.29, 1.82) is 0 Å². The van der Waals surface area contributed by atoms with Gasteiger partial charge in [-0.25, -0.2) is 0 Å². The van der Waals surface area contributed by atoms with Crippen LogP contribution in [-0.4, -0.2) is 24.5 Å². The van der Waals surface area contributed by atoms with Gasteiger partial charge in [0.2, 0.25) is 5.91 Å². The van der Waals surface area contributed by atoms with Crippen molar-refractivity contribution in [3.8, 4) is 0 Å². The second-order valence-corrected chi connectivity index (χ2v) is 6.16. The first-order chi connectivity index (χ1) is 9.15. The normalized spacial score (nSPS) is 19.8. The fraction of sp³-hybridized carbons (Fsp3) is 0.533.